The van der Waals surface area contributed by atoms with Gasteiger partial charge in [-0.2, -0.15) is 13.2 Å². The molecule has 1 heterocycles. The number of amidine groups is 1. The third kappa shape index (κ3) is 3.14. The van der Waals surface area contributed by atoms with Crippen molar-refractivity contribution in [3.8, 4) is 0 Å². The first kappa shape index (κ1) is 15.7. The van der Waals surface area contributed by atoms with Gasteiger partial charge in [-0.15, -0.1) is 0 Å². The highest BCUT2D eigenvalue weighted by Crippen LogP contribution is 2.35. The molecule has 3 N–H and O–H groups in total. The predicted octanol–water partition coefficient (Wildman–Crippen LogP) is 3.61. The van der Waals surface area contributed by atoms with E-state index >= 15 is 0 Å². The number of anilines is 1. The van der Waals surface area contributed by atoms with Crippen LogP contribution in [0.2, 0.25) is 0 Å². The van der Waals surface area contributed by atoms with Crippen LogP contribution in [-0.4, -0.2) is 18.4 Å². The Balaban J connectivity index is 2.43. The molecule has 6 heteroatoms. The SMILES string of the molecule is CC1CCCN(c2ccc(C(F)(F)F)c(C(=N)N)c2)C1C. The Hall–Kier alpha value is -1.72. The topological polar surface area (TPSA) is 53.1 Å². The quantitative estimate of drug-likeness (QED) is 0.647. The summed E-state index contributed by atoms with van der Waals surface area (Å²) in [4.78, 5) is 2.10. The maximum absolute atomic E-state index is 13.0. The van der Waals surface area contributed by atoms with Gasteiger partial charge >= 0.3 is 6.18 Å². The zero-order valence-electron chi connectivity index (χ0n) is 12.2. The van der Waals surface area contributed by atoms with E-state index in [0.29, 0.717) is 11.6 Å². The zero-order chi connectivity index (χ0) is 15.8. The number of nitrogen functional groups attached to an aromatic ring is 1. The lowest BCUT2D eigenvalue weighted by Gasteiger charge is -2.40. The van der Waals surface area contributed by atoms with Crippen LogP contribution in [0.4, 0.5) is 18.9 Å². The fraction of sp³-hybridized carbons (Fsp3) is 0.533. The minimum Gasteiger partial charge on any atom is -0.384 e. The van der Waals surface area contributed by atoms with Gasteiger partial charge in [0.05, 0.1) is 5.56 Å². The van der Waals surface area contributed by atoms with Gasteiger partial charge in [-0.3, -0.25) is 5.41 Å². The van der Waals surface area contributed by atoms with Crippen molar-refractivity contribution in [2.75, 3.05) is 11.4 Å². The minimum absolute atomic E-state index is 0.245. The van der Waals surface area contributed by atoms with E-state index in [2.05, 4.69) is 18.7 Å². The number of nitrogens with zero attached hydrogens (tertiary/aromatic N) is 1. The molecule has 1 fully saturated rings. The third-order valence-electron chi connectivity index (χ3n) is 4.30. The van der Waals surface area contributed by atoms with Gasteiger partial charge in [0.25, 0.3) is 0 Å². The summed E-state index contributed by atoms with van der Waals surface area (Å²) in [5.41, 5.74) is 4.94. The molecule has 0 radical (unpaired) electrons. The summed E-state index contributed by atoms with van der Waals surface area (Å²) in [6.07, 6.45) is -2.36. The first-order valence-corrected chi connectivity index (χ1v) is 7.04. The molecule has 0 spiro atoms. The molecule has 0 aliphatic carbocycles. The van der Waals surface area contributed by atoms with Gasteiger partial charge in [-0.25, -0.2) is 0 Å². The van der Waals surface area contributed by atoms with Crippen LogP contribution in [0.1, 0.15) is 37.8 Å². The largest absolute Gasteiger partial charge is 0.417 e. The normalized spacial score (nSPS) is 23.2. The molecule has 0 saturated carbocycles. The number of rotatable bonds is 2. The van der Waals surface area contributed by atoms with Crippen molar-refractivity contribution in [2.24, 2.45) is 11.7 Å². The zero-order valence-corrected chi connectivity index (χ0v) is 12.2. The summed E-state index contributed by atoms with van der Waals surface area (Å²) in [7, 11) is 0. The summed E-state index contributed by atoms with van der Waals surface area (Å²) in [5, 5.41) is 7.42. The highest BCUT2D eigenvalue weighted by Gasteiger charge is 2.35. The van der Waals surface area contributed by atoms with Crippen LogP contribution in [0.3, 0.4) is 0 Å². The minimum atomic E-state index is -4.50. The fourth-order valence-electron chi connectivity index (χ4n) is 2.88. The molecule has 21 heavy (non-hydrogen) atoms. The van der Waals surface area contributed by atoms with E-state index in [-0.39, 0.29) is 11.6 Å². The predicted molar refractivity (Wildman–Crippen MR) is 77.7 cm³/mol. The monoisotopic (exact) mass is 299 g/mol. The average Bonchev–Trinajstić information content (AvgIpc) is 2.40. The standard InChI is InChI=1S/C15H20F3N3/c1-9-4-3-7-21(10(9)2)11-5-6-13(15(16,17)18)12(8-11)14(19)20/h5-6,8-10H,3-4,7H2,1-2H3,(H3,19,20). The first-order chi connectivity index (χ1) is 9.71. The summed E-state index contributed by atoms with van der Waals surface area (Å²) >= 11 is 0. The fourth-order valence-corrected chi connectivity index (χ4v) is 2.88. The van der Waals surface area contributed by atoms with Gasteiger partial charge in [0.15, 0.2) is 0 Å². The molecule has 1 aliphatic heterocycles. The van der Waals surface area contributed by atoms with Gasteiger partial charge in [-0.1, -0.05) is 6.92 Å². The number of piperidine rings is 1. The lowest BCUT2D eigenvalue weighted by Crippen LogP contribution is -2.42. The van der Waals surface area contributed by atoms with E-state index in [1.165, 1.54) is 12.1 Å². The number of alkyl halides is 3. The van der Waals surface area contributed by atoms with Gasteiger partial charge in [0, 0.05) is 23.8 Å². The third-order valence-corrected chi connectivity index (χ3v) is 4.30. The number of nitrogens with two attached hydrogens (primary N) is 1. The second kappa shape index (κ2) is 5.58. The second-order valence-corrected chi connectivity index (χ2v) is 5.69. The summed E-state index contributed by atoms with van der Waals surface area (Å²) in [6.45, 7) is 5.04. The maximum atomic E-state index is 13.0. The van der Waals surface area contributed by atoms with Crippen molar-refractivity contribution in [3.05, 3.63) is 29.3 Å². The highest BCUT2D eigenvalue weighted by atomic mass is 19.4. The van der Waals surface area contributed by atoms with Crippen LogP contribution in [0.15, 0.2) is 18.2 Å². The highest BCUT2D eigenvalue weighted by molar-refractivity contribution is 5.97. The molecular formula is C15H20F3N3. The van der Waals surface area contributed by atoms with Crippen molar-refractivity contribution in [2.45, 2.75) is 38.9 Å². The lowest BCUT2D eigenvalue weighted by molar-refractivity contribution is -0.137. The van der Waals surface area contributed by atoms with Gasteiger partial charge in [0.2, 0.25) is 0 Å². The average molecular weight is 299 g/mol. The Kier molecular flexibility index (Phi) is 4.16. The van der Waals surface area contributed by atoms with E-state index in [9.17, 15) is 13.2 Å². The van der Waals surface area contributed by atoms with Crippen LogP contribution < -0.4 is 10.6 Å². The summed E-state index contributed by atoms with van der Waals surface area (Å²) < 4.78 is 38.9. The molecule has 1 aromatic carbocycles. The molecule has 116 valence electrons. The number of nitrogens with one attached hydrogen (secondary N) is 1. The lowest BCUT2D eigenvalue weighted by atomic mass is 9.91. The Labute approximate surface area is 122 Å². The molecule has 3 nitrogen and oxygen atoms in total. The van der Waals surface area contributed by atoms with E-state index in [0.717, 1.165) is 25.5 Å². The van der Waals surface area contributed by atoms with Gasteiger partial charge in [-0.05, 0) is 43.9 Å². The van der Waals surface area contributed by atoms with Crippen molar-refractivity contribution in [1.29, 1.82) is 5.41 Å². The number of halogens is 3. The number of hydrogen-bond donors (Lipinski definition) is 2. The molecule has 2 rings (SSSR count). The van der Waals surface area contributed by atoms with Crippen molar-refractivity contribution >= 4 is 11.5 Å². The Bertz CT molecular complexity index is 539. The van der Waals surface area contributed by atoms with Gasteiger partial charge in [0.1, 0.15) is 5.84 Å². The van der Waals surface area contributed by atoms with E-state index in [4.69, 9.17) is 11.1 Å². The molecule has 2 unspecified atom stereocenters. The molecule has 0 aromatic heterocycles. The Morgan fingerprint density at radius 2 is 2.00 bits per heavy atom. The Morgan fingerprint density at radius 3 is 2.57 bits per heavy atom. The van der Waals surface area contributed by atoms with E-state index in [1.54, 1.807) is 0 Å². The van der Waals surface area contributed by atoms with E-state index in [1.807, 2.05) is 0 Å². The number of hydrogen-bond acceptors (Lipinski definition) is 2. The first-order valence-electron chi connectivity index (χ1n) is 7.04. The van der Waals surface area contributed by atoms with Gasteiger partial charge < -0.3 is 10.6 Å². The van der Waals surface area contributed by atoms with Crippen molar-refractivity contribution < 1.29 is 13.2 Å². The molecule has 1 aromatic rings. The molecule has 1 aliphatic rings. The maximum Gasteiger partial charge on any atom is 0.417 e. The van der Waals surface area contributed by atoms with Crippen molar-refractivity contribution in [1.82, 2.24) is 0 Å². The second-order valence-electron chi connectivity index (χ2n) is 5.69. The molecule has 2 atom stereocenters. The number of benzene rings is 1. The summed E-state index contributed by atoms with van der Waals surface area (Å²) in [6, 6.07) is 4.15. The molecule has 0 bridgehead atoms. The van der Waals surface area contributed by atoms with Crippen LogP contribution in [0.5, 0.6) is 0 Å². The van der Waals surface area contributed by atoms with Crippen molar-refractivity contribution in [3.63, 3.8) is 0 Å². The molecular weight excluding hydrogens is 279 g/mol. The van der Waals surface area contributed by atoms with Crippen LogP contribution in [0.25, 0.3) is 0 Å². The molecule has 0 amide bonds. The van der Waals surface area contributed by atoms with E-state index < -0.39 is 17.6 Å². The Morgan fingerprint density at radius 1 is 1.33 bits per heavy atom. The van der Waals surface area contributed by atoms with Crippen LogP contribution in [-0.2, 0) is 6.18 Å². The van der Waals surface area contributed by atoms with Crippen LogP contribution >= 0.6 is 0 Å². The smallest absolute Gasteiger partial charge is 0.384 e. The van der Waals surface area contributed by atoms with Crippen LogP contribution in [0, 0.1) is 11.3 Å². The molecule has 1 saturated heterocycles. The summed E-state index contributed by atoms with van der Waals surface area (Å²) in [5.74, 6) is -0.0660.